The first-order valence-electron chi connectivity index (χ1n) is 12.8. The number of amidine groups is 1. The van der Waals surface area contributed by atoms with Gasteiger partial charge in [0.1, 0.15) is 34.6 Å². The molecule has 1 saturated heterocycles. The fourth-order valence-electron chi connectivity index (χ4n) is 4.06. The Morgan fingerprint density at radius 1 is 1.12 bits per heavy atom. The van der Waals surface area contributed by atoms with Gasteiger partial charge < -0.3 is 15.8 Å². The standard InChI is InChI=1S/C30H25F3N6O3S/c1-18(2)23-5-3-4-6-25(23)39-26(40)16-43-29(39)24(15-34)28(41)38-21-9-7-19(8-10-21)27(35)37-17-36-20-11-13-22(14-12-20)42-30(31,32)33/h3-14,17-18H,16H2,1-2H3,(H,38,41)(H2,35,36,37)/b29-24-. The second kappa shape index (κ2) is 13.3. The Bertz CT molecular complexity index is 1640. The largest absolute Gasteiger partial charge is 0.573 e. The van der Waals surface area contributed by atoms with Crippen LogP contribution in [-0.4, -0.2) is 36.1 Å². The van der Waals surface area contributed by atoms with Gasteiger partial charge in [0.15, 0.2) is 0 Å². The number of amides is 2. The molecule has 1 aliphatic rings. The van der Waals surface area contributed by atoms with Crippen LogP contribution in [0.2, 0.25) is 0 Å². The van der Waals surface area contributed by atoms with Crippen LogP contribution in [0.5, 0.6) is 5.75 Å². The van der Waals surface area contributed by atoms with Crippen molar-refractivity contribution < 1.29 is 27.5 Å². The Hall–Kier alpha value is -5.09. The van der Waals surface area contributed by atoms with Gasteiger partial charge in [-0.2, -0.15) is 5.26 Å². The molecule has 0 saturated carbocycles. The lowest BCUT2D eigenvalue weighted by Gasteiger charge is -2.23. The van der Waals surface area contributed by atoms with Crippen molar-refractivity contribution in [3.63, 3.8) is 0 Å². The van der Waals surface area contributed by atoms with Gasteiger partial charge >= 0.3 is 6.36 Å². The number of carbonyl (C=O) groups excluding carboxylic acids is 2. The number of para-hydroxylation sites is 1. The molecular weight excluding hydrogens is 581 g/mol. The average molecular weight is 607 g/mol. The van der Waals surface area contributed by atoms with Crippen LogP contribution in [-0.2, 0) is 9.59 Å². The monoisotopic (exact) mass is 606 g/mol. The third-order valence-corrected chi connectivity index (χ3v) is 7.10. The molecule has 0 radical (unpaired) electrons. The lowest BCUT2D eigenvalue weighted by atomic mass is 10.0. The topological polar surface area (TPSA) is 133 Å². The third kappa shape index (κ3) is 7.81. The molecule has 1 heterocycles. The zero-order valence-corrected chi connectivity index (χ0v) is 23.7. The lowest BCUT2D eigenvalue weighted by Crippen LogP contribution is -2.28. The fraction of sp³-hybridized carbons (Fsp3) is 0.167. The van der Waals surface area contributed by atoms with Gasteiger partial charge in [0.2, 0.25) is 5.91 Å². The van der Waals surface area contributed by atoms with Crippen LogP contribution < -0.4 is 20.7 Å². The Morgan fingerprint density at radius 3 is 2.42 bits per heavy atom. The lowest BCUT2D eigenvalue weighted by molar-refractivity contribution is -0.274. The van der Waals surface area contributed by atoms with Crippen molar-refractivity contribution in [2.24, 2.45) is 15.7 Å². The van der Waals surface area contributed by atoms with Crippen molar-refractivity contribution in [2.75, 3.05) is 16.0 Å². The van der Waals surface area contributed by atoms with Crippen molar-refractivity contribution in [1.82, 2.24) is 0 Å². The summed E-state index contributed by atoms with van der Waals surface area (Å²) in [6.07, 6.45) is -3.63. The number of nitrogens with one attached hydrogen (secondary N) is 1. The third-order valence-electron chi connectivity index (χ3n) is 6.05. The van der Waals surface area contributed by atoms with Crippen LogP contribution in [0.25, 0.3) is 0 Å². The Morgan fingerprint density at radius 2 is 1.79 bits per heavy atom. The van der Waals surface area contributed by atoms with Gasteiger partial charge in [-0.15, -0.1) is 13.2 Å². The summed E-state index contributed by atoms with van der Waals surface area (Å²) in [5.41, 5.74) is 8.60. The molecule has 3 aromatic carbocycles. The summed E-state index contributed by atoms with van der Waals surface area (Å²) in [6.45, 7) is 4.00. The number of nitrogens with zero attached hydrogens (tertiary/aromatic N) is 4. The molecule has 4 rings (SSSR count). The van der Waals surface area contributed by atoms with Crippen molar-refractivity contribution in [3.05, 3.63) is 94.5 Å². The molecule has 1 aliphatic heterocycles. The van der Waals surface area contributed by atoms with E-state index < -0.39 is 12.3 Å². The number of benzene rings is 3. The smallest absolute Gasteiger partial charge is 0.406 e. The van der Waals surface area contributed by atoms with Gasteiger partial charge in [-0.05, 0) is 66.1 Å². The van der Waals surface area contributed by atoms with E-state index >= 15 is 0 Å². The van der Waals surface area contributed by atoms with E-state index in [2.05, 4.69) is 20.0 Å². The highest BCUT2D eigenvalue weighted by Gasteiger charge is 2.34. The van der Waals surface area contributed by atoms with Crippen LogP contribution in [0.4, 0.5) is 30.2 Å². The molecule has 3 N–H and O–H groups in total. The van der Waals surface area contributed by atoms with Gasteiger partial charge in [-0.1, -0.05) is 43.8 Å². The molecule has 43 heavy (non-hydrogen) atoms. The number of anilines is 2. The molecule has 3 aromatic rings. The van der Waals surface area contributed by atoms with Crippen molar-refractivity contribution in [1.29, 1.82) is 5.26 Å². The molecule has 0 unspecified atom stereocenters. The van der Waals surface area contributed by atoms with Crippen molar-refractivity contribution >= 4 is 52.8 Å². The summed E-state index contributed by atoms with van der Waals surface area (Å²) in [6, 6.07) is 20.6. The summed E-state index contributed by atoms with van der Waals surface area (Å²) in [5.74, 6) is -0.940. The van der Waals surface area contributed by atoms with E-state index in [1.807, 2.05) is 32.0 Å². The molecule has 0 atom stereocenters. The molecule has 1 fully saturated rings. The minimum atomic E-state index is -4.78. The van der Waals surface area contributed by atoms with E-state index in [4.69, 9.17) is 5.73 Å². The number of hydrogen-bond acceptors (Lipinski definition) is 6. The predicted molar refractivity (Wildman–Crippen MR) is 160 cm³/mol. The molecule has 0 aliphatic carbocycles. The first kappa shape index (κ1) is 30.9. The van der Waals surface area contributed by atoms with Crippen molar-refractivity contribution in [2.45, 2.75) is 26.1 Å². The number of aliphatic imine (C=N–C) groups is 2. The van der Waals surface area contributed by atoms with Crippen LogP contribution in [0, 0.1) is 11.3 Å². The number of nitriles is 1. The number of ether oxygens (including phenoxy) is 1. The Kier molecular flexibility index (Phi) is 9.52. The normalized spacial score (nSPS) is 15.1. The summed E-state index contributed by atoms with van der Waals surface area (Å²) in [5, 5.41) is 12.8. The summed E-state index contributed by atoms with van der Waals surface area (Å²) >= 11 is 1.14. The molecule has 13 heteroatoms. The van der Waals surface area contributed by atoms with Gasteiger partial charge in [0.05, 0.1) is 17.1 Å². The number of hydrogen-bond donors (Lipinski definition) is 2. The molecule has 220 valence electrons. The summed E-state index contributed by atoms with van der Waals surface area (Å²) in [7, 11) is 0. The Labute approximate surface area is 249 Å². The van der Waals surface area contributed by atoms with Gasteiger partial charge in [-0.25, -0.2) is 9.98 Å². The molecule has 2 amide bonds. The van der Waals surface area contributed by atoms with Gasteiger partial charge in [-0.3, -0.25) is 14.5 Å². The van der Waals surface area contributed by atoms with Crippen molar-refractivity contribution in [3.8, 4) is 11.8 Å². The second-order valence-electron chi connectivity index (χ2n) is 9.36. The second-order valence-corrected chi connectivity index (χ2v) is 10.3. The number of halogens is 3. The predicted octanol–water partition coefficient (Wildman–Crippen LogP) is 6.23. The average Bonchev–Trinajstić information content (AvgIpc) is 3.34. The molecular formula is C30H25F3N6O3S. The highest BCUT2D eigenvalue weighted by Crippen LogP contribution is 2.39. The maximum absolute atomic E-state index is 13.1. The highest BCUT2D eigenvalue weighted by molar-refractivity contribution is 8.04. The minimum absolute atomic E-state index is 0.0961. The highest BCUT2D eigenvalue weighted by atomic mass is 32.2. The van der Waals surface area contributed by atoms with E-state index in [1.165, 1.54) is 17.0 Å². The van der Waals surface area contributed by atoms with Crippen LogP contribution in [0.3, 0.4) is 0 Å². The molecule has 0 spiro atoms. The molecule has 0 bridgehead atoms. The van der Waals surface area contributed by atoms with E-state index in [-0.39, 0.29) is 39.8 Å². The van der Waals surface area contributed by atoms with Crippen LogP contribution in [0.1, 0.15) is 30.9 Å². The van der Waals surface area contributed by atoms with E-state index in [0.29, 0.717) is 22.6 Å². The van der Waals surface area contributed by atoms with Gasteiger partial charge in [0, 0.05) is 11.3 Å². The summed E-state index contributed by atoms with van der Waals surface area (Å²) < 4.78 is 40.7. The number of nitrogens with two attached hydrogens (primary N) is 1. The minimum Gasteiger partial charge on any atom is -0.406 e. The zero-order chi connectivity index (χ0) is 31.1. The van der Waals surface area contributed by atoms with Gasteiger partial charge in [0.25, 0.3) is 5.91 Å². The van der Waals surface area contributed by atoms with Crippen LogP contribution >= 0.6 is 11.8 Å². The maximum Gasteiger partial charge on any atom is 0.573 e. The number of rotatable bonds is 8. The number of carbonyl (C=O) groups is 2. The SMILES string of the molecule is CC(C)c1ccccc1N1C(=O)CS/C1=C(/C#N)C(=O)Nc1ccc(C(N)=NC=Nc2ccc(OC(F)(F)F)cc2)cc1. The van der Waals surface area contributed by atoms with Crippen LogP contribution in [0.15, 0.2) is 93.4 Å². The zero-order valence-electron chi connectivity index (χ0n) is 22.9. The first-order chi connectivity index (χ1) is 20.5. The van der Waals surface area contributed by atoms with E-state index in [0.717, 1.165) is 35.8 Å². The number of thioether (sulfide) groups is 1. The quantitative estimate of drug-likeness (QED) is 0.135. The van der Waals surface area contributed by atoms with E-state index in [1.54, 1.807) is 36.4 Å². The Balaban J connectivity index is 1.46. The fourth-order valence-corrected chi connectivity index (χ4v) is 5.06. The molecule has 0 aromatic heterocycles. The summed E-state index contributed by atoms with van der Waals surface area (Å²) in [4.78, 5) is 35.5. The molecule has 9 nitrogen and oxygen atoms in total. The van der Waals surface area contributed by atoms with E-state index in [9.17, 15) is 28.0 Å². The maximum atomic E-state index is 13.1. The number of alkyl halides is 3. The first-order valence-corrected chi connectivity index (χ1v) is 13.8.